The maximum Gasteiger partial charge on any atom is 0.182 e. The molecule has 0 bridgehead atoms. The van der Waals surface area contributed by atoms with Gasteiger partial charge in [0.25, 0.3) is 0 Å². The highest BCUT2D eigenvalue weighted by molar-refractivity contribution is 6.58. The first-order chi connectivity index (χ1) is 1.91. The van der Waals surface area contributed by atoms with Crippen molar-refractivity contribution in [2.24, 2.45) is 4.51 Å². The Labute approximate surface area is 34.4 Å². The minimum atomic E-state index is 1.79. The topological polar surface area (TPSA) is 12.4 Å². The first-order valence-corrected chi connectivity index (χ1v) is 1.30. The van der Waals surface area contributed by atoms with E-state index in [4.69, 9.17) is 0 Å². The molecule has 0 aliphatic rings. The normalized spacial score (nSPS) is 9.50. The van der Waals surface area contributed by atoms with E-state index < -0.39 is 0 Å². The summed E-state index contributed by atoms with van der Waals surface area (Å²) < 4.78 is 2.72. The third-order valence-corrected chi connectivity index (χ3v) is 0.287. The average Bonchev–Trinajstić information content (AvgIpc) is 1.37. The minimum absolute atomic E-state index is 1.79. The fourth-order valence-corrected chi connectivity index (χ4v) is 0. The maximum absolute atomic E-state index is 4.64. The van der Waals surface area contributed by atoms with Crippen LogP contribution in [0.25, 0.3) is 0 Å². The fraction of sp³-hybridized carbons (Fsp3) is 0. The zero-order chi connectivity index (χ0) is 3.41. The van der Waals surface area contributed by atoms with Crippen LogP contribution in [0, 0.1) is 0 Å². The van der Waals surface area contributed by atoms with Crippen LogP contribution in [-0.4, -0.2) is 5.67 Å². The van der Waals surface area contributed by atoms with Gasteiger partial charge in [-0.05, 0) is 0 Å². The van der Waals surface area contributed by atoms with Crippen molar-refractivity contribution in [3.05, 3.63) is 0 Å². The van der Waals surface area contributed by atoms with Crippen LogP contribution >= 0.6 is 23.4 Å². The molecule has 0 saturated carbocycles. The van der Waals surface area contributed by atoms with E-state index in [0.29, 0.717) is 0 Å². The summed E-state index contributed by atoms with van der Waals surface area (Å²) in [6.07, 6.45) is 0. The number of nitrogens with zero attached hydrogens (tertiary/aromatic N) is 1. The van der Waals surface area contributed by atoms with E-state index in [1.165, 1.54) is 0 Å². The fourth-order valence-electron chi connectivity index (χ4n) is 0. The van der Waals surface area contributed by atoms with Crippen molar-refractivity contribution in [2.45, 2.75) is 0 Å². The van der Waals surface area contributed by atoms with E-state index in [0.717, 1.165) is 0 Å². The Bertz CT molecular complexity index is 21.2. The largest absolute Gasteiger partial charge is 0.182 e. The summed E-state index contributed by atoms with van der Waals surface area (Å²) in [5.74, 6) is 0. The van der Waals surface area contributed by atoms with Crippen molar-refractivity contribution in [3.8, 4) is 0 Å². The Morgan fingerprint density at radius 2 is 2.00 bits per heavy atom. The monoisotopic (exact) mass is 95.9 g/mol. The van der Waals surface area contributed by atoms with Crippen molar-refractivity contribution < 1.29 is 0 Å². The van der Waals surface area contributed by atoms with E-state index in [1.807, 2.05) is 0 Å². The third-order valence-electron chi connectivity index (χ3n) is 0.0319. The van der Waals surface area contributed by atoms with Crippen LogP contribution < -0.4 is 0 Å². The summed E-state index contributed by atoms with van der Waals surface area (Å²) >= 11 is 9.21. The predicted octanol–water partition coefficient (Wildman–Crippen LogP) is 1.28. The first-order valence-electron chi connectivity index (χ1n) is 0.582. The molecule has 3 heteroatoms. The molecule has 0 aromatic heterocycles. The number of hydrogen-bond acceptors (Lipinski definition) is 1. The summed E-state index contributed by atoms with van der Waals surface area (Å²) in [5.41, 5.74) is 1.79. The zero-order valence-corrected chi connectivity index (χ0v) is 3.22. The van der Waals surface area contributed by atoms with Gasteiger partial charge in [-0.25, -0.2) is 0 Å². The van der Waals surface area contributed by atoms with Gasteiger partial charge in [-0.2, -0.15) is 4.51 Å². The molecule has 0 aromatic rings. The molecule has 0 saturated heterocycles. The van der Waals surface area contributed by atoms with Crippen molar-refractivity contribution >= 4 is 29.1 Å². The summed E-state index contributed by atoms with van der Waals surface area (Å²) in [7, 11) is 0. The third kappa shape index (κ3) is 2.25. The Hall–Kier alpha value is 0.250. The predicted molar refractivity (Wildman–Crippen MR) is 19.1 cm³/mol. The molecule has 1 nitrogen and oxygen atoms in total. The molecular formula is CCl2N. The molecule has 0 aliphatic heterocycles. The molecular weight excluding hydrogens is 96.9 g/mol. The number of rotatable bonds is 0. The summed E-state index contributed by atoms with van der Waals surface area (Å²) in [4.78, 5) is 0. The highest BCUT2D eigenvalue weighted by atomic mass is 35.5. The smallest absolute Gasteiger partial charge is 0.162 e. The quantitative estimate of drug-likeness (QED) is 0.403. The lowest BCUT2D eigenvalue weighted by atomic mass is 11.7. The van der Waals surface area contributed by atoms with E-state index in [1.54, 1.807) is 5.67 Å². The zero-order valence-electron chi connectivity index (χ0n) is 1.70. The van der Waals surface area contributed by atoms with E-state index in [2.05, 4.69) is 27.9 Å². The lowest BCUT2D eigenvalue weighted by Crippen LogP contribution is -1.29. The second-order valence-electron chi connectivity index (χ2n) is 0.169. The highest BCUT2D eigenvalue weighted by Gasteiger charge is 1.43. The van der Waals surface area contributed by atoms with Crippen molar-refractivity contribution in [1.82, 2.24) is 0 Å². The maximum atomic E-state index is 4.64. The first kappa shape index (κ1) is 4.25. The van der Waals surface area contributed by atoms with Gasteiger partial charge in [-0.3, -0.25) is 0 Å². The van der Waals surface area contributed by atoms with Gasteiger partial charge in [-0.1, -0.05) is 11.6 Å². The summed E-state index contributed by atoms with van der Waals surface area (Å²) in [6, 6.07) is 0. The van der Waals surface area contributed by atoms with Crippen LogP contribution in [0.1, 0.15) is 0 Å². The number of hydrogen-bond donors (Lipinski definition) is 0. The van der Waals surface area contributed by atoms with Gasteiger partial charge < -0.3 is 0 Å². The molecule has 0 heterocycles. The van der Waals surface area contributed by atoms with Crippen LogP contribution in [0.3, 0.4) is 0 Å². The Morgan fingerprint density at radius 3 is 2.00 bits per heavy atom. The minimum Gasteiger partial charge on any atom is -0.162 e. The average molecular weight is 96.9 g/mol. The lowest BCUT2D eigenvalue weighted by molar-refractivity contribution is 1.99. The van der Waals surface area contributed by atoms with Crippen LogP contribution in [0.2, 0.25) is 0 Å². The van der Waals surface area contributed by atoms with Crippen LogP contribution in [0.4, 0.5) is 0 Å². The molecule has 0 aromatic carbocycles. The Balaban J connectivity index is 2.55. The molecule has 0 unspecified atom stereocenters. The van der Waals surface area contributed by atoms with E-state index in [9.17, 15) is 0 Å². The molecule has 0 atom stereocenters. The summed E-state index contributed by atoms with van der Waals surface area (Å²) in [6.45, 7) is 0. The van der Waals surface area contributed by atoms with Crippen molar-refractivity contribution in [3.63, 3.8) is 0 Å². The van der Waals surface area contributed by atoms with Gasteiger partial charge in [0.1, 0.15) is 0 Å². The van der Waals surface area contributed by atoms with Crippen LogP contribution in [-0.2, 0) is 0 Å². The molecule has 23 valence electrons. The molecule has 1 radical (unpaired) electrons. The molecule has 0 fully saturated rings. The molecule has 0 N–H and O–H groups in total. The van der Waals surface area contributed by atoms with Gasteiger partial charge in [0.15, 0.2) is 5.67 Å². The molecule has 0 amide bonds. The van der Waals surface area contributed by atoms with Gasteiger partial charge in [0, 0.05) is 11.8 Å². The van der Waals surface area contributed by atoms with Gasteiger partial charge >= 0.3 is 0 Å². The Morgan fingerprint density at radius 1 is 1.75 bits per heavy atom. The molecule has 0 aliphatic carbocycles. The molecule has 0 rings (SSSR count). The van der Waals surface area contributed by atoms with Gasteiger partial charge in [0.05, 0.1) is 0 Å². The highest BCUT2D eigenvalue weighted by Crippen LogP contribution is 1.69. The van der Waals surface area contributed by atoms with Gasteiger partial charge in [-0.15, -0.1) is 0 Å². The van der Waals surface area contributed by atoms with Gasteiger partial charge in [0.2, 0.25) is 0 Å². The van der Waals surface area contributed by atoms with Crippen molar-refractivity contribution in [2.75, 3.05) is 0 Å². The van der Waals surface area contributed by atoms with E-state index in [-0.39, 0.29) is 0 Å². The molecule has 4 heavy (non-hydrogen) atoms. The van der Waals surface area contributed by atoms with Crippen LogP contribution in [0.5, 0.6) is 0 Å². The lowest BCUT2D eigenvalue weighted by Gasteiger charge is -1.42. The van der Waals surface area contributed by atoms with Crippen LogP contribution in [0.15, 0.2) is 4.51 Å². The van der Waals surface area contributed by atoms with E-state index >= 15 is 0 Å². The number of halogens is 2. The SMILES string of the molecule is Cl[C]=NCl. The summed E-state index contributed by atoms with van der Waals surface area (Å²) in [5, 5.41) is 0. The molecule has 0 spiro atoms. The second-order valence-corrected chi connectivity index (χ2v) is 0.507. The second kappa shape index (κ2) is 3.25. The standard InChI is InChI=1S/CCl2N/c2-1-4-3. The Kier molecular flexibility index (Phi) is 3.45. The van der Waals surface area contributed by atoms with Crippen molar-refractivity contribution in [1.29, 1.82) is 0 Å².